The van der Waals surface area contributed by atoms with Gasteiger partial charge in [-0.2, -0.15) is 5.26 Å². The third-order valence-corrected chi connectivity index (χ3v) is 2.09. The second-order valence-corrected chi connectivity index (χ2v) is 3.42. The fourth-order valence-corrected chi connectivity index (χ4v) is 1.42. The van der Waals surface area contributed by atoms with Gasteiger partial charge >= 0.3 is 0 Å². The van der Waals surface area contributed by atoms with E-state index in [2.05, 4.69) is 0 Å². The maximum Gasteiger partial charge on any atom is 0.127 e. The summed E-state index contributed by atoms with van der Waals surface area (Å²) < 4.78 is 13.3. The summed E-state index contributed by atoms with van der Waals surface area (Å²) in [5.74, 6) is -0.230. The maximum atomic E-state index is 13.3. The molecule has 0 aliphatic rings. The second-order valence-electron chi connectivity index (χ2n) is 3.42. The molecule has 1 nitrogen and oxygen atoms in total. The van der Waals surface area contributed by atoms with Crippen LogP contribution in [0.4, 0.5) is 4.39 Å². The van der Waals surface area contributed by atoms with Crippen LogP contribution in [0.5, 0.6) is 0 Å². The first-order chi connectivity index (χ1) is 6.07. The lowest BCUT2D eigenvalue weighted by atomic mass is 9.94. The summed E-state index contributed by atoms with van der Waals surface area (Å²) >= 11 is 0. The SMILES string of the molecule is Cc1ccc(F)c(C(C)C)c1C#N. The fraction of sp³-hybridized carbons (Fsp3) is 0.364. The number of aryl methyl sites for hydroxylation is 1. The number of hydrogen-bond acceptors (Lipinski definition) is 1. The minimum absolute atomic E-state index is 0.0505. The summed E-state index contributed by atoms with van der Waals surface area (Å²) in [7, 11) is 0. The standard InChI is InChI=1S/C11H12FN/c1-7(2)11-9(6-13)8(3)4-5-10(11)12/h4-5,7H,1-3H3. The highest BCUT2D eigenvalue weighted by atomic mass is 19.1. The topological polar surface area (TPSA) is 23.8 Å². The molecule has 0 bridgehead atoms. The molecule has 0 saturated heterocycles. The van der Waals surface area contributed by atoms with Crippen LogP contribution < -0.4 is 0 Å². The molecule has 1 rings (SSSR count). The molecule has 1 aromatic rings. The highest BCUT2D eigenvalue weighted by Crippen LogP contribution is 2.24. The maximum absolute atomic E-state index is 13.3. The Balaban J connectivity index is 3.46. The van der Waals surface area contributed by atoms with E-state index >= 15 is 0 Å². The molecular weight excluding hydrogens is 165 g/mol. The van der Waals surface area contributed by atoms with Crippen molar-refractivity contribution in [1.82, 2.24) is 0 Å². The Hall–Kier alpha value is -1.36. The first-order valence-electron chi connectivity index (χ1n) is 4.27. The Morgan fingerprint density at radius 3 is 2.38 bits per heavy atom. The van der Waals surface area contributed by atoms with E-state index in [0.717, 1.165) is 5.56 Å². The molecule has 0 saturated carbocycles. The Bertz CT molecular complexity index is 361. The van der Waals surface area contributed by atoms with Crippen molar-refractivity contribution in [2.24, 2.45) is 0 Å². The molecule has 2 heteroatoms. The van der Waals surface area contributed by atoms with Gasteiger partial charge in [-0.1, -0.05) is 19.9 Å². The van der Waals surface area contributed by atoms with E-state index in [1.165, 1.54) is 6.07 Å². The number of rotatable bonds is 1. The van der Waals surface area contributed by atoms with E-state index in [0.29, 0.717) is 11.1 Å². The number of nitriles is 1. The molecule has 0 N–H and O–H groups in total. The zero-order valence-electron chi connectivity index (χ0n) is 8.06. The van der Waals surface area contributed by atoms with Gasteiger partial charge < -0.3 is 0 Å². The minimum atomic E-state index is -0.280. The van der Waals surface area contributed by atoms with E-state index in [1.807, 2.05) is 26.8 Å². The lowest BCUT2D eigenvalue weighted by Gasteiger charge is -2.10. The Morgan fingerprint density at radius 1 is 1.38 bits per heavy atom. The van der Waals surface area contributed by atoms with Crippen molar-refractivity contribution in [2.45, 2.75) is 26.7 Å². The highest BCUT2D eigenvalue weighted by Gasteiger charge is 2.13. The van der Waals surface area contributed by atoms with Crippen molar-refractivity contribution in [1.29, 1.82) is 5.26 Å². The first-order valence-corrected chi connectivity index (χ1v) is 4.27. The third kappa shape index (κ3) is 1.70. The average molecular weight is 177 g/mol. The molecule has 0 heterocycles. The fourth-order valence-electron chi connectivity index (χ4n) is 1.42. The van der Waals surface area contributed by atoms with E-state index in [4.69, 9.17) is 5.26 Å². The van der Waals surface area contributed by atoms with Gasteiger partial charge in [-0.15, -0.1) is 0 Å². The van der Waals surface area contributed by atoms with Crippen LogP contribution in [0.25, 0.3) is 0 Å². The van der Waals surface area contributed by atoms with Crippen LogP contribution in [0.3, 0.4) is 0 Å². The molecular formula is C11H12FN. The quantitative estimate of drug-likeness (QED) is 0.646. The summed E-state index contributed by atoms with van der Waals surface area (Å²) in [5, 5.41) is 8.86. The lowest BCUT2D eigenvalue weighted by molar-refractivity contribution is 0.596. The van der Waals surface area contributed by atoms with Gasteiger partial charge in [0.15, 0.2) is 0 Å². The van der Waals surface area contributed by atoms with Crippen LogP contribution in [0, 0.1) is 24.1 Å². The molecule has 68 valence electrons. The van der Waals surface area contributed by atoms with Gasteiger partial charge in [0.05, 0.1) is 11.6 Å². The summed E-state index contributed by atoms with van der Waals surface area (Å²) in [4.78, 5) is 0. The van der Waals surface area contributed by atoms with Crippen molar-refractivity contribution >= 4 is 0 Å². The van der Waals surface area contributed by atoms with Gasteiger partial charge in [0.2, 0.25) is 0 Å². The van der Waals surface area contributed by atoms with Crippen LogP contribution in [0.1, 0.15) is 36.5 Å². The van der Waals surface area contributed by atoms with E-state index < -0.39 is 0 Å². The van der Waals surface area contributed by atoms with E-state index in [9.17, 15) is 4.39 Å². The first kappa shape index (κ1) is 9.73. The van der Waals surface area contributed by atoms with Crippen LogP contribution in [-0.4, -0.2) is 0 Å². The summed E-state index contributed by atoms with van der Waals surface area (Å²) in [5.41, 5.74) is 1.85. The molecule has 0 aliphatic carbocycles. The highest BCUT2D eigenvalue weighted by molar-refractivity contribution is 5.45. The van der Waals surface area contributed by atoms with Crippen molar-refractivity contribution < 1.29 is 4.39 Å². The molecule has 0 unspecified atom stereocenters. The molecule has 0 radical (unpaired) electrons. The van der Waals surface area contributed by atoms with E-state index in [1.54, 1.807) is 6.07 Å². The van der Waals surface area contributed by atoms with Crippen LogP contribution in [0.15, 0.2) is 12.1 Å². The summed E-state index contributed by atoms with van der Waals surface area (Å²) in [6, 6.07) is 5.11. The largest absolute Gasteiger partial charge is 0.207 e. The van der Waals surface area contributed by atoms with Crippen molar-refractivity contribution in [3.05, 3.63) is 34.6 Å². The molecule has 13 heavy (non-hydrogen) atoms. The predicted molar refractivity (Wildman–Crippen MR) is 49.9 cm³/mol. The number of hydrogen-bond donors (Lipinski definition) is 0. The van der Waals surface area contributed by atoms with Gasteiger partial charge in [-0.05, 0) is 24.5 Å². The smallest absolute Gasteiger partial charge is 0.127 e. The minimum Gasteiger partial charge on any atom is -0.207 e. The third-order valence-electron chi connectivity index (χ3n) is 2.09. The van der Waals surface area contributed by atoms with Gasteiger partial charge in [0.25, 0.3) is 0 Å². The van der Waals surface area contributed by atoms with Gasteiger partial charge in [-0.3, -0.25) is 0 Å². The summed E-state index contributed by atoms with van der Waals surface area (Å²) in [6.07, 6.45) is 0. The molecule has 0 spiro atoms. The van der Waals surface area contributed by atoms with Crippen LogP contribution in [0.2, 0.25) is 0 Å². The molecule has 0 aliphatic heterocycles. The van der Waals surface area contributed by atoms with Gasteiger partial charge in [0, 0.05) is 5.56 Å². The molecule has 0 atom stereocenters. The normalized spacial score (nSPS) is 10.2. The predicted octanol–water partition coefficient (Wildman–Crippen LogP) is 3.13. The van der Waals surface area contributed by atoms with Crippen molar-refractivity contribution in [2.75, 3.05) is 0 Å². The number of halogens is 1. The molecule has 0 amide bonds. The van der Waals surface area contributed by atoms with Crippen LogP contribution >= 0.6 is 0 Å². The van der Waals surface area contributed by atoms with E-state index in [-0.39, 0.29) is 11.7 Å². The Labute approximate surface area is 77.8 Å². The second kappa shape index (κ2) is 3.57. The Kier molecular flexibility index (Phi) is 2.67. The van der Waals surface area contributed by atoms with Crippen LogP contribution in [-0.2, 0) is 0 Å². The zero-order valence-corrected chi connectivity index (χ0v) is 8.06. The molecule has 1 aromatic carbocycles. The molecule has 0 fully saturated rings. The van der Waals surface area contributed by atoms with Gasteiger partial charge in [0.1, 0.15) is 5.82 Å². The summed E-state index contributed by atoms with van der Waals surface area (Å²) in [6.45, 7) is 5.60. The monoisotopic (exact) mass is 177 g/mol. The zero-order chi connectivity index (χ0) is 10.0. The van der Waals surface area contributed by atoms with Gasteiger partial charge in [-0.25, -0.2) is 4.39 Å². The lowest BCUT2D eigenvalue weighted by Crippen LogP contribution is -1.99. The molecule has 0 aromatic heterocycles. The number of benzene rings is 1. The number of nitrogens with zero attached hydrogens (tertiary/aromatic N) is 1. The Morgan fingerprint density at radius 2 is 2.00 bits per heavy atom. The average Bonchev–Trinajstić information content (AvgIpc) is 2.07. The van der Waals surface area contributed by atoms with Crippen molar-refractivity contribution in [3.8, 4) is 6.07 Å². The van der Waals surface area contributed by atoms with Crippen molar-refractivity contribution in [3.63, 3.8) is 0 Å².